The summed E-state index contributed by atoms with van der Waals surface area (Å²) in [7, 11) is 0. The van der Waals surface area contributed by atoms with Gasteiger partial charge in [0, 0.05) is 11.6 Å². The van der Waals surface area contributed by atoms with E-state index in [0.717, 1.165) is 44.9 Å². The summed E-state index contributed by atoms with van der Waals surface area (Å²) in [4.78, 5) is 4.72. The van der Waals surface area contributed by atoms with Gasteiger partial charge in [-0.2, -0.15) is 0 Å². The normalized spacial score (nSPS) is 12.3. The van der Waals surface area contributed by atoms with E-state index in [-0.39, 0.29) is 0 Å². The summed E-state index contributed by atoms with van der Waals surface area (Å²) in [6, 6.07) is 21.5. The van der Waals surface area contributed by atoms with Gasteiger partial charge in [0.05, 0.1) is 17.6 Å². The van der Waals surface area contributed by atoms with Crippen LogP contribution in [0, 0.1) is 13.8 Å². The first kappa shape index (κ1) is 20.5. The van der Waals surface area contributed by atoms with E-state index in [4.69, 9.17) is 21.3 Å². The molecule has 0 saturated carbocycles. The Bertz CT molecular complexity index is 1130. The third kappa shape index (κ3) is 4.20. The molecule has 0 spiro atoms. The minimum absolute atomic E-state index is 0.563. The summed E-state index contributed by atoms with van der Waals surface area (Å²) in [5.74, 6) is 1.48. The lowest BCUT2D eigenvalue weighted by Gasteiger charge is -2.15. The molecule has 0 aliphatic rings. The SMILES string of the molecule is Cc1cc(OCCCn2c(C(O)c3ccccc3)nc3ccccc32)cc(C)c1Cl. The van der Waals surface area contributed by atoms with Crippen molar-refractivity contribution in [3.63, 3.8) is 0 Å². The van der Waals surface area contributed by atoms with Gasteiger partial charge in [-0.1, -0.05) is 54.1 Å². The molecule has 1 heterocycles. The van der Waals surface area contributed by atoms with Gasteiger partial charge in [-0.3, -0.25) is 0 Å². The Hall–Kier alpha value is -2.82. The lowest BCUT2D eigenvalue weighted by Crippen LogP contribution is -2.12. The average Bonchev–Trinajstić information content (AvgIpc) is 3.13. The largest absolute Gasteiger partial charge is 0.494 e. The molecule has 1 atom stereocenters. The quantitative estimate of drug-likeness (QED) is 0.381. The summed E-state index contributed by atoms with van der Waals surface area (Å²) in [6.07, 6.45) is 0.0105. The summed E-state index contributed by atoms with van der Waals surface area (Å²) in [5, 5.41) is 11.8. The van der Waals surface area contributed by atoms with E-state index in [0.29, 0.717) is 19.0 Å². The number of ether oxygens (including phenoxy) is 1. The predicted molar refractivity (Wildman–Crippen MR) is 121 cm³/mol. The van der Waals surface area contributed by atoms with Crippen LogP contribution >= 0.6 is 11.6 Å². The van der Waals surface area contributed by atoms with Crippen molar-refractivity contribution in [3.05, 3.63) is 94.3 Å². The third-order valence-electron chi connectivity index (χ3n) is 5.25. The van der Waals surface area contributed by atoms with E-state index in [1.165, 1.54) is 0 Å². The number of aromatic nitrogens is 2. The monoisotopic (exact) mass is 420 g/mol. The van der Waals surface area contributed by atoms with E-state index >= 15 is 0 Å². The molecule has 4 aromatic rings. The molecule has 0 bridgehead atoms. The molecule has 5 heteroatoms. The summed E-state index contributed by atoms with van der Waals surface area (Å²) in [5.41, 5.74) is 4.76. The molecule has 4 nitrogen and oxygen atoms in total. The number of benzene rings is 3. The lowest BCUT2D eigenvalue weighted by atomic mass is 10.1. The standard InChI is InChI=1S/C25H25ClN2O2/c1-17-15-20(16-18(2)23(17)26)30-14-8-13-28-22-12-7-6-11-21(22)27-25(28)24(29)19-9-4-3-5-10-19/h3-7,9-12,15-16,24,29H,8,13-14H2,1-2H3. The van der Waals surface area contributed by atoms with Crippen LogP contribution in [0.2, 0.25) is 5.02 Å². The van der Waals surface area contributed by atoms with Gasteiger partial charge in [0.1, 0.15) is 17.7 Å². The van der Waals surface area contributed by atoms with Crippen LogP contribution in [0.25, 0.3) is 11.0 Å². The minimum Gasteiger partial charge on any atom is -0.494 e. The zero-order chi connectivity index (χ0) is 21.1. The Morgan fingerprint density at radius 3 is 2.40 bits per heavy atom. The van der Waals surface area contributed by atoms with Gasteiger partial charge in [-0.05, 0) is 61.2 Å². The summed E-state index contributed by atoms with van der Waals surface area (Å²) >= 11 is 6.24. The van der Waals surface area contributed by atoms with Gasteiger partial charge in [-0.15, -0.1) is 0 Å². The smallest absolute Gasteiger partial charge is 0.143 e. The topological polar surface area (TPSA) is 47.3 Å². The van der Waals surface area contributed by atoms with Gasteiger partial charge in [0.25, 0.3) is 0 Å². The van der Waals surface area contributed by atoms with Crippen LogP contribution in [0.4, 0.5) is 0 Å². The number of halogens is 1. The van der Waals surface area contributed by atoms with Crippen molar-refractivity contribution >= 4 is 22.6 Å². The molecule has 1 aromatic heterocycles. The first-order valence-corrected chi connectivity index (χ1v) is 10.5. The zero-order valence-corrected chi connectivity index (χ0v) is 17.9. The minimum atomic E-state index is -0.777. The lowest BCUT2D eigenvalue weighted by molar-refractivity contribution is 0.203. The molecule has 1 N–H and O–H groups in total. The van der Waals surface area contributed by atoms with Crippen molar-refractivity contribution < 1.29 is 9.84 Å². The first-order chi connectivity index (χ1) is 14.5. The highest BCUT2D eigenvalue weighted by molar-refractivity contribution is 6.32. The molecule has 154 valence electrons. The molecule has 30 heavy (non-hydrogen) atoms. The highest BCUT2D eigenvalue weighted by atomic mass is 35.5. The van der Waals surface area contributed by atoms with Crippen molar-refractivity contribution in [3.8, 4) is 5.75 Å². The number of aryl methyl sites for hydroxylation is 3. The molecular formula is C25H25ClN2O2. The number of aliphatic hydroxyl groups is 1. The van der Waals surface area contributed by atoms with E-state index in [1.807, 2.05) is 80.6 Å². The maximum atomic E-state index is 11.0. The van der Waals surface area contributed by atoms with Gasteiger partial charge in [-0.25, -0.2) is 4.98 Å². The molecule has 0 fully saturated rings. The van der Waals surface area contributed by atoms with Crippen molar-refractivity contribution in [1.29, 1.82) is 0 Å². The number of para-hydroxylation sites is 2. The predicted octanol–water partition coefficient (Wildman–Crippen LogP) is 5.86. The second-order valence-corrected chi connectivity index (χ2v) is 7.87. The number of hydrogen-bond acceptors (Lipinski definition) is 3. The van der Waals surface area contributed by atoms with Crippen LogP contribution in [0.1, 0.15) is 35.0 Å². The van der Waals surface area contributed by atoms with E-state index in [2.05, 4.69) is 4.57 Å². The fourth-order valence-corrected chi connectivity index (χ4v) is 3.83. The Balaban J connectivity index is 1.52. The second-order valence-electron chi connectivity index (χ2n) is 7.50. The van der Waals surface area contributed by atoms with Crippen molar-refractivity contribution in [2.45, 2.75) is 32.9 Å². The van der Waals surface area contributed by atoms with Crippen LogP contribution in [0.5, 0.6) is 5.75 Å². The van der Waals surface area contributed by atoms with Crippen LogP contribution < -0.4 is 4.74 Å². The number of hydrogen-bond donors (Lipinski definition) is 1. The van der Waals surface area contributed by atoms with Gasteiger partial charge >= 0.3 is 0 Å². The first-order valence-electron chi connectivity index (χ1n) is 10.1. The van der Waals surface area contributed by atoms with Gasteiger partial charge in [0.15, 0.2) is 0 Å². The molecule has 3 aromatic carbocycles. The molecule has 0 saturated heterocycles. The Labute approximate surface area is 181 Å². The Morgan fingerprint density at radius 2 is 1.67 bits per heavy atom. The number of nitrogens with zero attached hydrogens (tertiary/aromatic N) is 2. The maximum absolute atomic E-state index is 11.0. The molecule has 4 rings (SSSR count). The highest BCUT2D eigenvalue weighted by Crippen LogP contribution is 2.27. The zero-order valence-electron chi connectivity index (χ0n) is 17.2. The van der Waals surface area contributed by atoms with Gasteiger partial charge in [0.2, 0.25) is 0 Å². The second kappa shape index (κ2) is 8.90. The van der Waals surface area contributed by atoms with Crippen molar-refractivity contribution in [2.75, 3.05) is 6.61 Å². The summed E-state index contributed by atoms with van der Waals surface area (Å²) in [6.45, 7) is 5.23. The van der Waals surface area contributed by atoms with Crippen LogP contribution in [-0.4, -0.2) is 21.3 Å². The van der Waals surface area contributed by atoms with Crippen LogP contribution in [0.15, 0.2) is 66.7 Å². The molecule has 0 aliphatic carbocycles. The van der Waals surface area contributed by atoms with Crippen molar-refractivity contribution in [1.82, 2.24) is 9.55 Å². The maximum Gasteiger partial charge on any atom is 0.143 e. The van der Waals surface area contributed by atoms with E-state index in [1.54, 1.807) is 0 Å². The molecule has 0 amide bonds. The fourth-order valence-electron chi connectivity index (χ4n) is 3.72. The van der Waals surface area contributed by atoms with Crippen LogP contribution in [-0.2, 0) is 6.54 Å². The Kier molecular flexibility index (Phi) is 6.07. The van der Waals surface area contributed by atoms with E-state index < -0.39 is 6.10 Å². The molecule has 0 aliphatic heterocycles. The molecule has 1 unspecified atom stereocenters. The third-order valence-corrected chi connectivity index (χ3v) is 5.84. The van der Waals surface area contributed by atoms with Gasteiger partial charge < -0.3 is 14.4 Å². The van der Waals surface area contributed by atoms with Crippen LogP contribution in [0.3, 0.4) is 0 Å². The number of rotatable bonds is 7. The number of imidazole rings is 1. The van der Waals surface area contributed by atoms with Crippen molar-refractivity contribution in [2.24, 2.45) is 0 Å². The molecule has 0 radical (unpaired) electrons. The number of aliphatic hydroxyl groups excluding tert-OH is 1. The summed E-state index contributed by atoms with van der Waals surface area (Å²) < 4.78 is 8.06. The average molecular weight is 421 g/mol. The Morgan fingerprint density at radius 1 is 1.00 bits per heavy atom. The van der Waals surface area contributed by atoms with E-state index in [9.17, 15) is 5.11 Å². The highest BCUT2D eigenvalue weighted by Gasteiger charge is 2.19. The number of fused-ring (bicyclic) bond motifs is 1. The fraction of sp³-hybridized carbons (Fsp3) is 0.240. The molecular weight excluding hydrogens is 396 g/mol.